The van der Waals surface area contributed by atoms with Crippen molar-refractivity contribution in [3.8, 4) is 11.1 Å². The van der Waals surface area contributed by atoms with Gasteiger partial charge in [0.05, 0.1) is 16.8 Å². The van der Waals surface area contributed by atoms with Gasteiger partial charge in [0, 0.05) is 30.2 Å². The molecule has 4 rings (SSSR count). The molecule has 1 aliphatic heterocycles. The molecular weight excluding hydrogens is 549 g/mol. The SMILES string of the molecule is CCCCC1CN(c2ccccc2)c2cc(SC)c(-c3cc(C(=O)O)cc(C(F)(F)F)c3)cc2S(=O)(=O)N1C. The van der Waals surface area contributed by atoms with Crippen LogP contribution in [0.2, 0.25) is 0 Å². The molecule has 0 aromatic heterocycles. The van der Waals surface area contributed by atoms with E-state index in [9.17, 15) is 31.5 Å². The molecule has 3 aromatic rings. The van der Waals surface area contributed by atoms with Crippen molar-refractivity contribution in [1.82, 2.24) is 4.31 Å². The molecule has 0 radical (unpaired) electrons. The van der Waals surface area contributed by atoms with Crippen molar-refractivity contribution < 1.29 is 31.5 Å². The number of halogens is 3. The van der Waals surface area contributed by atoms with Gasteiger partial charge < -0.3 is 10.0 Å². The van der Waals surface area contributed by atoms with Crippen molar-refractivity contribution >= 4 is 39.1 Å². The van der Waals surface area contributed by atoms with Crippen molar-refractivity contribution in [2.75, 3.05) is 24.7 Å². The fourth-order valence-corrected chi connectivity index (χ4v) is 6.97. The maximum atomic E-state index is 14.0. The van der Waals surface area contributed by atoms with Gasteiger partial charge in [0.2, 0.25) is 10.0 Å². The molecule has 0 saturated heterocycles. The van der Waals surface area contributed by atoms with Crippen LogP contribution in [0.1, 0.15) is 42.1 Å². The number of carbonyl (C=O) groups is 1. The molecule has 39 heavy (non-hydrogen) atoms. The Labute approximate surface area is 230 Å². The number of hydrogen-bond acceptors (Lipinski definition) is 5. The second kappa shape index (κ2) is 11.2. The van der Waals surface area contributed by atoms with Crippen molar-refractivity contribution in [2.45, 2.75) is 48.2 Å². The summed E-state index contributed by atoms with van der Waals surface area (Å²) in [4.78, 5) is 14.1. The van der Waals surface area contributed by atoms with Gasteiger partial charge in [0.15, 0.2) is 0 Å². The Morgan fingerprint density at radius 2 is 1.79 bits per heavy atom. The van der Waals surface area contributed by atoms with Crippen LogP contribution in [0, 0.1) is 0 Å². The van der Waals surface area contributed by atoms with Gasteiger partial charge >= 0.3 is 12.1 Å². The van der Waals surface area contributed by atoms with Crippen molar-refractivity contribution in [3.05, 3.63) is 71.8 Å². The van der Waals surface area contributed by atoms with Crippen LogP contribution >= 0.6 is 11.8 Å². The van der Waals surface area contributed by atoms with Crippen LogP contribution in [0.5, 0.6) is 0 Å². The van der Waals surface area contributed by atoms with Crippen molar-refractivity contribution in [1.29, 1.82) is 0 Å². The number of fused-ring (bicyclic) bond motifs is 1. The van der Waals surface area contributed by atoms with Crippen LogP contribution in [-0.4, -0.2) is 49.7 Å². The van der Waals surface area contributed by atoms with E-state index in [-0.39, 0.29) is 22.1 Å². The third-order valence-electron chi connectivity index (χ3n) is 6.91. The van der Waals surface area contributed by atoms with E-state index < -0.39 is 33.3 Å². The number of nitrogens with zero attached hydrogens (tertiary/aromatic N) is 2. The number of sulfonamides is 1. The predicted octanol–water partition coefficient (Wildman–Crippen LogP) is 7.12. The zero-order valence-corrected chi connectivity index (χ0v) is 23.3. The third kappa shape index (κ3) is 5.80. The molecule has 0 amide bonds. The molecule has 0 aliphatic carbocycles. The molecule has 0 bridgehead atoms. The number of hydrogen-bond donors (Lipinski definition) is 1. The lowest BCUT2D eigenvalue weighted by atomic mass is 9.98. The number of thioether (sulfide) groups is 1. The van der Waals surface area contributed by atoms with E-state index in [0.29, 0.717) is 29.6 Å². The summed E-state index contributed by atoms with van der Waals surface area (Å²) in [7, 11) is -2.52. The Bertz CT molecular complexity index is 1480. The first-order valence-electron chi connectivity index (χ1n) is 12.4. The number of unbranched alkanes of at least 4 members (excludes halogenated alkanes) is 1. The number of alkyl halides is 3. The maximum absolute atomic E-state index is 14.0. The number of para-hydroxylation sites is 1. The molecule has 1 unspecified atom stereocenters. The number of rotatable bonds is 7. The molecule has 6 nitrogen and oxygen atoms in total. The van der Waals surface area contributed by atoms with Gasteiger partial charge in [-0.05, 0) is 66.3 Å². The minimum absolute atomic E-state index is 0.0229. The smallest absolute Gasteiger partial charge is 0.416 e. The Balaban J connectivity index is 2.02. The molecule has 0 saturated carbocycles. The molecule has 11 heteroatoms. The lowest BCUT2D eigenvalue weighted by molar-refractivity contribution is -0.137. The summed E-state index contributed by atoms with van der Waals surface area (Å²) in [6.07, 6.45) is -0.682. The van der Waals surface area contributed by atoms with Crippen LogP contribution in [0.3, 0.4) is 0 Å². The topological polar surface area (TPSA) is 77.9 Å². The predicted molar refractivity (Wildman–Crippen MR) is 147 cm³/mol. The van der Waals surface area contributed by atoms with Crippen LogP contribution < -0.4 is 4.90 Å². The lowest BCUT2D eigenvalue weighted by Crippen LogP contribution is -2.40. The van der Waals surface area contributed by atoms with Crippen LogP contribution in [-0.2, 0) is 16.2 Å². The summed E-state index contributed by atoms with van der Waals surface area (Å²) in [5.74, 6) is -1.51. The second-order valence-corrected chi connectivity index (χ2v) is 12.2. The fourth-order valence-electron chi connectivity index (χ4n) is 4.77. The van der Waals surface area contributed by atoms with Gasteiger partial charge in [-0.25, -0.2) is 13.2 Å². The van der Waals surface area contributed by atoms with E-state index >= 15 is 0 Å². The summed E-state index contributed by atoms with van der Waals surface area (Å²) < 4.78 is 70.4. The Morgan fingerprint density at radius 3 is 2.38 bits per heavy atom. The quantitative estimate of drug-likeness (QED) is 0.301. The molecule has 1 atom stereocenters. The first kappa shape index (κ1) is 29.0. The van der Waals surface area contributed by atoms with E-state index in [1.54, 1.807) is 12.3 Å². The van der Waals surface area contributed by atoms with Gasteiger partial charge in [-0.15, -0.1) is 11.8 Å². The minimum atomic E-state index is -4.78. The largest absolute Gasteiger partial charge is 0.478 e. The Kier molecular flexibility index (Phi) is 8.34. The van der Waals surface area contributed by atoms with Crippen molar-refractivity contribution in [3.63, 3.8) is 0 Å². The monoisotopic (exact) mass is 578 g/mol. The van der Waals surface area contributed by atoms with E-state index in [1.165, 1.54) is 29.2 Å². The van der Waals surface area contributed by atoms with E-state index in [1.807, 2.05) is 42.2 Å². The van der Waals surface area contributed by atoms with E-state index in [0.717, 1.165) is 30.7 Å². The average Bonchev–Trinajstić information content (AvgIpc) is 2.99. The number of carboxylic acid groups (broad SMARTS) is 1. The highest BCUT2D eigenvalue weighted by atomic mass is 32.2. The minimum Gasteiger partial charge on any atom is -0.478 e. The van der Waals surface area contributed by atoms with Gasteiger partial charge in [0.25, 0.3) is 0 Å². The Hall–Kier alpha value is -3.02. The number of anilines is 2. The number of carboxylic acids is 1. The number of likely N-dealkylation sites (N-methyl/N-ethyl adjacent to an activating group) is 1. The zero-order valence-electron chi connectivity index (χ0n) is 21.7. The van der Waals surface area contributed by atoms with Gasteiger partial charge in [0.1, 0.15) is 4.90 Å². The fraction of sp³-hybridized carbons (Fsp3) is 0.321. The molecule has 3 aromatic carbocycles. The first-order valence-corrected chi connectivity index (χ1v) is 15.0. The standard InChI is InChI=1S/C28H29F3N2O4S2/c1-4-5-9-22-17-33(21-10-7-6-8-11-21)24-16-25(38-3)23(15-26(24)39(36,37)32(22)2)18-12-19(27(34)35)14-20(13-18)28(29,30)31/h6-8,10-16,22H,4-5,9,17H2,1-3H3,(H,34,35). The van der Waals surface area contributed by atoms with E-state index in [2.05, 4.69) is 0 Å². The summed E-state index contributed by atoms with van der Waals surface area (Å²) in [6, 6.07) is 14.7. The third-order valence-corrected chi connectivity index (χ3v) is 9.63. The zero-order chi connectivity index (χ0) is 28.5. The highest BCUT2D eigenvalue weighted by molar-refractivity contribution is 7.98. The molecule has 1 aliphatic rings. The maximum Gasteiger partial charge on any atom is 0.416 e. The second-order valence-electron chi connectivity index (χ2n) is 9.39. The molecule has 0 spiro atoms. The molecule has 208 valence electrons. The normalized spacial score (nSPS) is 17.5. The average molecular weight is 579 g/mol. The summed E-state index contributed by atoms with van der Waals surface area (Å²) in [6.45, 7) is 2.43. The Morgan fingerprint density at radius 1 is 1.10 bits per heavy atom. The highest BCUT2D eigenvalue weighted by Crippen LogP contribution is 2.44. The number of benzene rings is 3. The van der Waals surface area contributed by atoms with Gasteiger partial charge in [-0.1, -0.05) is 38.0 Å². The first-order chi connectivity index (χ1) is 18.4. The van der Waals surface area contributed by atoms with E-state index in [4.69, 9.17) is 0 Å². The summed E-state index contributed by atoms with van der Waals surface area (Å²) in [5, 5.41) is 9.50. The van der Waals surface area contributed by atoms with Crippen molar-refractivity contribution in [2.24, 2.45) is 0 Å². The molecular formula is C28H29F3N2O4S2. The summed E-state index contributed by atoms with van der Waals surface area (Å²) in [5.41, 5.74) is -0.252. The summed E-state index contributed by atoms with van der Waals surface area (Å²) >= 11 is 1.25. The molecule has 1 heterocycles. The lowest BCUT2D eigenvalue weighted by Gasteiger charge is -2.29. The molecule has 1 N–H and O–H groups in total. The van der Waals surface area contributed by atoms with Gasteiger partial charge in [-0.2, -0.15) is 17.5 Å². The molecule has 0 fully saturated rings. The van der Waals surface area contributed by atoms with Crippen LogP contribution in [0.15, 0.2) is 70.5 Å². The highest BCUT2D eigenvalue weighted by Gasteiger charge is 2.38. The van der Waals surface area contributed by atoms with Crippen LogP contribution in [0.25, 0.3) is 11.1 Å². The van der Waals surface area contributed by atoms with Crippen LogP contribution in [0.4, 0.5) is 24.5 Å². The van der Waals surface area contributed by atoms with Gasteiger partial charge in [-0.3, -0.25) is 0 Å². The number of aromatic carboxylic acids is 1.